The Labute approximate surface area is 139 Å². The minimum Gasteiger partial charge on any atom is -0.342 e. The first kappa shape index (κ1) is 15.7. The van der Waals surface area contributed by atoms with Gasteiger partial charge in [0.15, 0.2) is 5.69 Å². The van der Waals surface area contributed by atoms with Gasteiger partial charge in [0, 0.05) is 11.1 Å². The van der Waals surface area contributed by atoms with E-state index < -0.39 is 0 Å². The number of aromatic nitrogens is 2. The van der Waals surface area contributed by atoms with Crippen molar-refractivity contribution in [1.82, 2.24) is 15.5 Å². The molecular formula is C18H18N4O2. The largest absolute Gasteiger partial charge is 0.342 e. The predicted molar refractivity (Wildman–Crippen MR) is 92.9 cm³/mol. The van der Waals surface area contributed by atoms with E-state index in [0.717, 1.165) is 28.6 Å². The predicted octanol–water partition coefficient (Wildman–Crippen LogP) is 2.49. The average Bonchev–Trinajstić information content (AvgIpc) is 3.04. The molecule has 122 valence electrons. The molecule has 1 heterocycles. The Bertz CT molecular complexity index is 885. The quantitative estimate of drug-likeness (QED) is 0.674. The van der Waals surface area contributed by atoms with Crippen molar-refractivity contribution in [2.45, 2.75) is 13.3 Å². The third-order valence-corrected chi connectivity index (χ3v) is 3.77. The van der Waals surface area contributed by atoms with Crippen LogP contribution in [0, 0.1) is 0 Å². The number of aromatic amines is 1. The summed E-state index contributed by atoms with van der Waals surface area (Å²) in [6.45, 7) is 1.91. The highest BCUT2D eigenvalue weighted by Crippen LogP contribution is 2.16. The van der Waals surface area contributed by atoms with Gasteiger partial charge < -0.3 is 10.6 Å². The van der Waals surface area contributed by atoms with Gasteiger partial charge >= 0.3 is 0 Å². The summed E-state index contributed by atoms with van der Waals surface area (Å²) in [5.74, 6) is -0.657. The smallest absolute Gasteiger partial charge is 0.272 e. The van der Waals surface area contributed by atoms with Gasteiger partial charge in [-0.3, -0.25) is 14.7 Å². The van der Waals surface area contributed by atoms with E-state index in [2.05, 4.69) is 20.8 Å². The lowest BCUT2D eigenvalue weighted by Crippen LogP contribution is -2.33. The number of para-hydroxylation sites is 2. The van der Waals surface area contributed by atoms with Crippen molar-refractivity contribution in [2.24, 2.45) is 0 Å². The van der Waals surface area contributed by atoms with E-state index in [1.165, 1.54) is 0 Å². The molecule has 0 aliphatic carbocycles. The molecule has 0 aliphatic heterocycles. The number of benzene rings is 2. The van der Waals surface area contributed by atoms with Gasteiger partial charge in [0.1, 0.15) is 0 Å². The molecule has 0 atom stereocenters. The zero-order valence-corrected chi connectivity index (χ0v) is 13.3. The lowest BCUT2D eigenvalue weighted by Gasteiger charge is -2.10. The maximum atomic E-state index is 12.2. The molecule has 3 N–H and O–H groups in total. The fourth-order valence-electron chi connectivity index (χ4n) is 2.53. The molecule has 6 heteroatoms. The van der Waals surface area contributed by atoms with E-state index in [4.69, 9.17) is 0 Å². The lowest BCUT2D eigenvalue weighted by atomic mass is 10.1. The molecule has 0 saturated heterocycles. The highest BCUT2D eigenvalue weighted by molar-refractivity contribution is 6.06. The fourth-order valence-corrected chi connectivity index (χ4v) is 2.53. The zero-order chi connectivity index (χ0) is 16.9. The number of hydrogen-bond acceptors (Lipinski definition) is 3. The molecule has 1 aromatic heterocycles. The molecule has 0 saturated carbocycles. The topological polar surface area (TPSA) is 86.9 Å². The van der Waals surface area contributed by atoms with Gasteiger partial charge in [-0.25, -0.2) is 0 Å². The van der Waals surface area contributed by atoms with Crippen LogP contribution in [0.15, 0.2) is 48.5 Å². The summed E-state index contributed by atoms with van der Waals surface area (Å²) in [5, 5.41) is 13.0. The molecular weight excluding hydrogens is 304 g/mol. The molecule has 24 heavy (non-hydrogen) atoms. The number of aryl methyl sites for hydroxylation is 1. The Balaban J connectivity index is 1.63. The zero-order valence-electron chi connectivity index (χ0n) is 13.3. The van der Waals surface area contributed by atoms with Gasteiger partial charge in [-0.15, -0.1) is 0 Å². The molecule has 0 unspecified atom stereocenters. The minimum atomic E-state index is -0.383. The molecule has 0 spiro atoms. The van der Waals surface area contributed by atoms with Crippen molar-refractivity contribution in [3.05, 3.63) is 59.8 Å². The van der Waals surface area contributed by atoms with Crippen LogP contribution in [0.3, 0.4) is 0 Å². The van der Waals surface area contributed by atoms with E-state index in [0.29, 0.717) is 0 Å². The van der Waals surface area contributed by atoms with Crippen LogP contribution in [0.2, 0.25) is 0 Å². The number of carbonyl (C=O) groups is 2. The Hall–Kier alpha value is -3.15. The third-order valence-electron chi connectivity index (χ3n) is 3.77. The van der Waals surface area contributed by atoms with Crippen LogP contribution in [0.25, 0.3) is 10.9 Å². The van der Waals surface area contributed by atoms with E-state index >= 15 is 0 Å². The highest BCUT2D eigenvalue weighted by Gasteiger charge is 2.15. The van der Waals surface area contributed by atoms with Gasteiger partial charge in [-0.05, 0) is 24.1 Å². The van der Waals surface area contributed by atoms with Crippen molar-refractivity contribution in [2.75, 3.05) is 11.9 Å². The summed E-state index contributed by atoms with van der Waals surface area (Å²) < 4.78 is 0. The van der Waals surface area contributed by atoms with Gasteiger partial charge in [0.25, 0.3) is 5.91 Å². The van der Waals surface area contributed by atoms with E-state index in [1.807, 2.05) is 55.5 Å². The summed E-state index contributed by atoms with van der Waals surface area (Å²) in [7, 11) is 0. The SMILES string of the molecule is CCc1ccccc1NC(=O)CNC(=O)c1n[nH]c2ccccc12. The Morgan fingerprint density at radius 2 is 1.83 bits per heavy atom. The molecule has 3 aromatic rings. The van der Waals surface area contributed by atoms with Crippen LogP contribution >= 0.6 is 0 Å². The van der Waals surface area contributed by atoms with Gasteiger partial charge in [0.2, 0.25) is 5.91 Å². The van der Waals surface area contributed by atoms with Gasteiger partial charge in [0.05, 0.1) is 12.1 Å². The molecule has 0 fully saturated rings. The number of anilines is 1. The summed E-state index contributed by atoms with van der Waals surface area (Å²) in [4.78, 5) is 24.3. The second-order valence-electron chi connectivity index (χ2n) is 5.36. The molecule has 2 amide bonds. The summed E-state index contributed by atoms with van der Waals surface area (Å²) in [5.41, 5.74) is 2.89. The number of H-pyrrole nitrogens is 1. The van der Waals surface area contributed by atoms with Crippen molar-refractivity contribution in [3.63, 3.8) is 0 Å². The number of nitrogens with zero attached hydrogens (tertiary/aromatic N) is 1. The van der Waals surface area contributed by atoms with Crippen molar-refractivity contribution < 1.29 is 9.59 Å². The van der Waals surface area contributed by atoms with Crippen LogP contribution < -0.4 is 10.6 Å². The van der Waals surface area contributed by atoms with Crippen molar-refractivity contribution in [1.29, 1.82) is 0 Å². The fraction of sp³-hybridized carbons (Fsp3) is 0.167. The van der Waals surface area contributed by atoms with Gasteiger partial charge in [-0.1, -0.05) is 43.3 Å². The molecule has 2 aromatic carbocycles. The number of fused-ring (bicyclic) bond motifs is 1. The first-order valence-corrected chi connectivity index (χ1v) is 7.78. The molecule has 6 nitrogen and oxygen atoms in total. The summed E-state index contributed by atoms with van der Waals surface area (Å²) in [6, 6.07) is 15.0. The summed E-state index contributed by atoms with van der Waals surface area (Å²) in [6.07, 6.45) is 0.821. The summed E-state index contributed by atoms with van der Waals surface area (Å²) >= 11 is 0. The first-order chi connectivity index (χ1) is 11.7. The van der Waals surface area contributed by atoms with Crippen molar-refractivity contribution in [3.8, 4) is 0 Å². The van der Waals surface area contributed by atoms with Crippen LogP contribution in [0.1, 0.15) is 23.0 Å². The Morgan fingerprint density at radius 1 is 1.08 bits per heavy atom. The second-order valence-corrected chi connectivity index (χ2v) is 5.36. The van der Waals surface area contributed by atoms with Crippen LogP contribution in [-0.4, -0.2) is 28.6 Å². The maximum Gasteiger partial charge on any atom is 0.272 e. The van der Waals surface area contributed by atoms with Crippen molar-refractivity contribution >= 4 is 28.4 Å². The monoisotopic (exact) mass is 322 g/mol. The normalized spacial score (nSPS) is 10.5. The molecule has 0 aliphatic rings. The van der Waals surface area contributed by atoms with Gasteiger partial charge in [-0.2, -0.15) is 5.10 Å². The number of rotatable bonds is 5. The first-order valence-electron chi connectivity index (χ1n) is 7.78. The number of carbonyl (C=O) groups excluding carboxylic acids is 2. The molecule has 0 radical (unpaired) electrons. The van der Waals surface area contributed by atoms with E-state index in [-0.39, 0.29) is 24.1 Å². The second kappa shape index (κ2) is 6.95. The standard InChI is InChI=1S/C18H18N4O2/c1-2-12-7-3-5-9-14(12)20-16(23)11-19-18(24)17-13-8-4-6-10-15(13)21-22-17/h3-10H,2,11H2,1H3,(H,19,24)(H,20,23)(H,21,22). The van der Waals surface area contributed by atoms with Crippen LogP contribution in [0.5, 0.6) is 0 Å². The highest BCUT2D eigenvalue weighted by atomic mass is 16.2. The Morgan fingerprint density at radius 3 is 2.67 bits per heavy atom. The minimum absolute atomic E-state index is 0.113. The third kappa shape index (κ3) is 3.27. The number of amides is 2. The van der Waals surface area contributed by atoms with Crippen LogP contribution in [-0.2, 0) is 11.2 Å². The average molecular weight is 322 g/mol. The molecule has 0 bridgehead atoms. The Kier molecular flexibility index (Phi) is 4.56. The van der Waals surface area contributed by atoms with E-state index in [9.17, 15) is 9.59 Å². The molecule has 3 rings (SSSR count). The lowest BCUT2D eigenvalue weighted by molar-refractivity contribution is -0.115. The number of nitrogens with one attached hydrogen (secondary N) is 3. The van der Waals surface area contributed by atoms with Crippen LogP contribution in [0.4, 0.5) is 5.69 Å². The maximum absolute atomic E-state index is 12.2. The number of hydrogen-bond donors (Lipinski definition) is 3. The van der Waals surface area contributed by atoms with E-state index in [1.54, 1.807) is 0 Å².